The first-order valence-corrected chi connectivity index (χ1v) is 11.0. The number of carbonyl (C=O) groups is 1. The Morgan fingerprint density at radius 3 is 2.44 bits per heavy atom. The zero-order valence-electron chi connectivity index (χ0n) is 17.8. The summed E-state index contributed by atoms with van der Waals surface area (Å²) < 4.78 is 39.8. The van der Waals surface area contributed by atoms with E-state index >= 15 is 0 Å². The van der Waals surface area contributed by atoms with E-state index in [1.165, 1.54) is 25.3 Å². The minimum absolute atomic E-state index is 0.271. The summed E-state index contributed by atoms with van der Waals surface area (Å²) in [6.45, 7) is 3.97. The van der Waals surface area contributed by atoms with Crippen LogP contribution in [0, 0.1) is 11.6 Å². The van der Waals surface area contributed by atoms with Gasteiger partial charge >= 0.3 is 0 Å². The Morgan fingerprint density at radius 2 is 1.78 bits per heavy atom. The summed E-state index contributed by atoms with van der Waals surface area (Å²) in [5, 5.41) is 0. The second-order valence-electron chi connectivity index (χ2n) is 8.09. The Morgan fingerprint density at radius 1 is 1.09 bits per heavy atom. The van der Waals surface area contributed by atoms with Gasteiger partial charge in [-0.05, 0) is 62.2 Å². The second-order valence-corrected chi connectivity index (χ2v) is 8.09. The first-order valence-electron chi connectivity index (χ1n) is 11.0. The molecule has 2 aliphatic heterocycles. The van der Waals surface area contributed by atoms with E-state index in [0.29, 0.717) is 17.9 Å². The molecule has 1 saturated heterocycles. The SMILES string of the molecule is NC(=O)C1N=C(c2c(F)cccc2F)OC1c1ccc(OCCCN2CCCCC2)cc1. The average molecular weight is 443 g/mol. The van der Waals surface area contributed by atoms with Crippen LogP contribution in [-0.2, 0) is 9.53 Å². The van der Waals surface area contributed by atoms with Crippen LogP contribution in [0.25, 0.3) is 0 Å². The van der Waals surface area contributed by atoms with Gasteiger partial charge in [-0.15, -0.1) is 0 Å². The van der Waals surface area contributed by atoms with Crippen molar-refractivity contribution in [1.82, 2.24) is 4.90 Å². The van der Waals surface area contributed by atoms with Gasteiger partial charge in [-0.2, -0.15) is 0 Å². The van der Waals surface area contributed by atoms with Crippen LogP contribution >= 0.6 is 0 Å². The molecule has 0 saturated carbocycles. The number of hydrogen-bond donors (Lipinski definition) is 1. The Bertz CT molecular complexity index is 955. The van der Waals surface area contributed by atoms with Crippen molar-refractivity contribution in [3.63, 3.8) is 0 Å². The number of primary amides is 1. The van der Waals surface area contributed by atoms with Gasteiger partial charge in [-0.3, -0.25) is 4.79 Å². The van der Waals surface area contributed by atoms with Crippen molar-refractivity contribution in [3.05, 3.63) is 65.2 Å². The standard InChI is InChI=1S/C24H27F2N3O3/c25-18-6-4-7-19(26)20(18)24-28-21(23(27)30)22(32-24)16-8-10-17(11-9-16)31-15-5-14-29-12-2-1-3-13-29/h4,6-11,21-22H,1-3,5,12-15H2,(H2,27,30). The third-order valence-corrected chi connectivity index (χ3v) is 5.79. The van der Waals surface area contributed by atoms with Crippen molar-refractivity contribution in [2.75, 3.05) is 26.2 Å². The minimum Gasteiger partial charge on any atom is -0.494 e. The van der Waals surface area contributed by atoms with Crippen LogP contribution in [0.4, 0.5) is 8.78 Å². The monoisotopic (exact) mass is 443 g/mol. The minimum atomic E-state index is -1.08. The molecule has 2 heterocycles. The lowest BCUT2D eigenvalue weighted by molar-refractivity contribution is -0.120. The van der Waals surface area contributed by atoms with E-state index in [4.69, 9.17) is 15.2 Å². The first-order chi connectivity index (χ1) is 15.5. The zero-order chi connectivity index (χ0) is 22.5. The largest absolute Gasteiger partial charge is 0.494 e. The van der Waals surface area contributed by atoms with Gasteiger partial charge in [0.25, 0.3) is 0 Å². The molecule has 2 aromatic carbocycles. The molecule has 2 N–H and O–H groups in total. The van der Waals surface area contributed by atoms with Crippen molar-refractivity contribution in [1.29, 1.82) is 0 Å². The number of nitrogens with two attached hydrogens (primary N) is 1. The van der Waals surface area contributed by atoms with Crippen molar-refractivity contribution >= 4 is 11.8 Å². The third-order valence-electron chi connectivity index (χ3n) is 5.79. The number of piperidine rings is 1. The molecule has 0 spiro atoms. The number of halogens is 2. The molecule has 0 aliphatic carbocycles. The van der Waals surface area contributed by atoms with Crippen LogP contribution in [0.15, 0.2) is 47.5 Å². The molecule has 2 unspecified atom stereocenters. The fourth-order valence-corrected chi connectivity index (χ4v) is 4.11. The van der Waals surface area contributed by atoms with Gasteiger partial charge in [0.2, 0.25) is 11.8 Å². The highest BCUT2D eigenvalue weighted by Gasteiger charge is 2.38. The topological polar surface area (TPSA) is 77.2 Å². The number of aliphatic imine (C=N–C) groups is 1. The molecule has 170 valence electrons. The van der Waals surface area contributed by atoms with E-state index in [9.17, 15) is 13.6 Å². The molecule has 2 aromatic rings. The van der Waals surface area contributed by atoms with Crippen LogP contribution in [0.2, 0.25) is 0 Å². The summed E-state index contributed by atoms with van der Waals surface area (Å²) in [7, 11) is 0. The fourth-order valence-electron chi connectivity index (χ4n) is 4.11. The van der Waals surface area contributed by atoms with Crippen LogP contribution in [0.1, 0.15) is 42.9 Å². The molecular formula is C24H27F2N3O3. The number of nitrogens with zero attached hydrogens (tertiary/aromatic N) is 2. The third kappa shape index (κ3) is 5.07. The van der Waals surface area contributed by atoms with Crippen molar-refractivity contribution in [2.45, 2.75) is 37.8 Å². The lowest BCUT2D eigenvalue weighted by Crippen LogP contribution is -2.31. The molecule has 32 heavy (non-hydrogen) atoms. The second kappa shape index (κ2) is 10.1. The van der Waals surface area contributed by atoms with Gasteiger partial charge in [-0.25, -0.2) is 13.8 Å². The molecule has 1 fully saturated rings. The fraction of sp³-hybridized carbons (Fsp3) is 0.417. The van der Waals surface area contributed by atoms with Crippen LogP contribution in [-0.4, -0.2) is 49.0 Å². The highest BCUT2D eigenvalue weighted by atomic mass is 19.1. The lowest BCUT2D eigenvalue weighted by Gasteiger charge is -2.26. The first kappa shape index (κ1) is 22.2. The normalized spacial score (nSPS) is 21.1. The van der Waals surface area contributed by atoms with Crippen molar-refractivity contribution < 1.29 is 23.0 Å². The molecule has 2 atom stereocenters. The maximum absolute atomic E-state index is 14.1. The molecular weight excluding hydrogens is 416 g/mol. The zero-order valence-corrected chi connectivity index (χ0v) is 17.8. The predicted octanol–water partition coefficient (Wildman–Crippen LogP) is 3.59. The van der Waals surface area contributed by atoms with Gasteiger partial charge in [0, 0.05) is 6.54 Å². The van der Waals surface area contributed by atoms with Crippen molar-refractivity contribution in [3.8, 4) is 5.75 Å². The van der Waals surface area contributed by atoms with Gasteiger partial charge in [-0.1, -0.05) is 24.6 Å². The Balaban J connectivity index is 1.38. The van der Waals surface area contributed by atoms with Gasteiger partial charge in [0.05, 0.1) is 6.61 Å². The summed E-state index contributed by atoms with van der Waals surface area (Å²) in [5.41, 5.74) is 5.68. The van der Waals surface area contributed by atoms with Crippen LogP contribution in [0.5, 0.6) is 5.75 Å². The highest BCUT2D eigenvalue weighted by molar-refractivity contribution is 5.99. The predicted molar refractivity (Wildman–Crippen MR) is 117 cm³/mol. The molecule has 4 rings (SSSR count). The molecule has 1 amide bonds. The van der Waals surface area contributed by atoms with E-state index in [1.807, 2.05) is 0 Å². The molecule has 0 bridgehead atoms. The van der Waals surface area contributed by atoms with E-state index in [0.717, 1.165) is 38.2 Å². The van der Waals surface area contributed by atoms with Crippen LogP contribution in [0.3, 0.4) is 0 Å². The summed E-state index contributed by atoms with van der Waals surface area (Å²) in [4.78, 5) is 18.5. The maximum atomic E-state index is 14.1. The average Bonchev–Trinajstić information content (AvgIpc) is 3.23. The van der Waals surface area contributed by atoms with E-state index < -0.39 is 35.3 Å². The summed E-state index contributed by atoms with van der Waals surface area (Å²) in [6, 6.07) is 9.42. The quantitative estimate of drug-likeness (QED) is 0.633. The molecule has 0 radical (unpaired) electrons. The number of ether oxygens (including phenoxy) is 2. The molecule has 6 nitrogen and oxygen atoms in total. The van der Waals surface area contributed by atoms with E-state index in [-0.39, 0.29) is 5.90 Å². The Labute approximate surface area is 186 Å². The molecule has 0 aromatic heterocycles. The van der Waals surface area contributed by atoms with Gasteiger partial charge < -0.3 is 20.1 Å². The number of benzene rings is 2. The number of amides is 1. The number of likely N-dealkylation sites (tertiary alicyclic amines) is 1. The van der Waals surface area contributed by atoms with Gasteiger partial charge in [0.1, 0.15) is 22.9 Å². The lowest BCUT2D eigenvalue weighted by atomic mass is 10.0. The number of rotatable bonds is 8. The highest BCUT2D eigenvalue weighted by Crippen LogP contribution is 2.33. The molecule has 8 heteroatoms. The number of carbonyl (C=O) groups excluding carboxylic acids is 1. The Kier molecular flexibility index (Phi) is 6.99. The van der Waals surface area contributed by atoms with Crippen molar-refractivity contribution in [2.24, 2.45) is 10.7 Å². The van der Waals surface area contributed by atoms with Crippen LogP contribution < -0.4 is 10.5 Å². The Hall–Kier alpha value is -3.00. The number of hydrogen-bond acceptors (Lipinski definition) is 5. The summed E-state index contributed by atoms with van der Waals surface area (Å²) in [6.07, 6.45) is 3.94. The maximum Gasteiger partial charge on any atom is 0.246 e. The molecule has 2 aliphatic rings. The smallest absolute Gasteiger partial charge is 0.246 e. The summed E-state index contributed by atoms with van der Waals surface area (Å²) in [5.74, 6) is -1.95. The van der Waals surface area contributed by atoms with Gasteiger partial charge in [0.15, 0.2) is 12.1 Å². The van der Waals surface area contributed by atoms with E-state index in [2.05, 4.69) is 9.89 Å². The van der Waals surface area contributed by atoms with E-state index in [1.54, 1.807) is 24.3 Å². The summed E-state index contributed by atoms with van der Waals surface area (Å²) >= 11 is 0.